The van der Waals surface area contributed by atoms with Crippen LogP contribution in [0.4, 0.5) is 0 Å². The summed E-state index contributed by atoms with van der Waals surface area (Å²) in [6, 6.07) is 3.87. The number of fused-ring (bicyclic) bond motifs is 2. The Morgan fingerprint density at radius 2 is 1.93 bits per heavy atom. The lowest BCUT2D eigenvalue weighted by Gasteiger charge is -2.23. The van der Waals surface area contributed by atoms with Crippen LogP contribution in [0.2, 0.25) is 0 Å². The van der Waals surface area contributed by atoms with Crippen molar-refractivity contribution in [1.29, 1.82) is 0 Å². The van der Waals surface area contributed by atoms with Crippen molar-refractivity contribution in [2.75, 3.05) is 13.1 Å². The van der Waals surface area contributed by atoms with E-state index in [0.29, 0.717) is 16.5 Å². The average molecular weight is 390 g/mol. The van der Waals surface area contributed by atoms with Crippen LogP contribution in [0.3, 0.4) is 0 Å². The van der Waals surface area contributed by atoms with Gasteiger partial charge in [-0.05, 0) is 45.0 Å². The van der Waals surface area contributed by atoms with Gasteiger partial charge in [-0.2, -0.15) is 10.2 Å². The van der Waals surface area contributed by atoms with Crippen LogP contribution in [0.1, 0.15) is 24.4 Å². The first-order valence-corrected chi connectivity index (χ1v) is 9.77. The van der Waals surface area contributed by atoms with Gasteiger partial charge in [0.25, 0.3) is 5.56 Å². The summed E-state index contributed by atoms with van der Waals surface area (Å²) in [5.41, 5.74) is 3.14. The van der Waals surface area contributed by atoms with E-state index in [1.807, 2.05) is 32.3 Å². The normalized spacial score (nSPS) is 15.4. The van der Waals surface area contributed by atoms with E-state index in [0.717, 1.165) is 48.0 Å². The molecule has 29 heavy (non-hydrogen) atoms. The van der Waals surface area contributed by atoms with E-state index in [4.69, 9.17) is 0 Å². The molecule has 0 bridgehead atoms. The third-order valence-corrected chi connectivity index (χ3v) is 5.74. The summed E-state index contributed by atoms with van der Waals surface area (Å²) in [6.45, 7) is 3.62. The number of phenols is 1. The number of aromatic hydroxyl groups is 1. The van der Waals surface area contributed by atoms with E-state index >= 15 is 0 Å². The highest BCUT2D eigenvalue weighted by atomic mass is 16.3. The van der Waals surface area contributed by atoms with Crippen molar-refractivity contribution in [3.63, 3.8) is 0 Å². The molecule has 148 valence electrons. The predicted molar refractivity (Wildman–Crippen MR) is 111 cm³/mol. The molecule has 0 atom stereocenters. The Hall–Kier alpha value is -3.26. The van der Waals surface area contributed by atoms with E-state index in [1.54, 1.807) is 21.8 Å². The minimum Gasteiger partial charge on any atom is -0.507 e. The van der Waals surface area contributed by atoms with E-state index in [2.05, 4.69) is 20.5 Å². The van der Waals surface area contributed by atoms with Crippen LogP contribution in [-0.2, 0) is 7.05 Å². The number of nitrogens with zero attached hydrogens (tertiary/aromatic N) is 5. The fourth-order valence-corrected chi connectivity index (χ4v) is 4.16. The summed E-state index contributed by atoms with van der Waals surface area (Å²) in [4.78, 5) is 17.4. The highest BCUT2D eigenvalue weighted by molar-refractivity contribution is 5.92. The fraction of sp³-hybridized carbons (Fsp3) is 0.333. The van der Waals surface area contributed by atoms with Crippen LogP contribution in [0.25, 0.3) is 32.9 Å². The van der Waals surface area contributed by atoms with Crippen LogP contribution >= 0.6 is 0 Å². The summed E-state index contributed by atoms with van der Waals surface area (Å²) < 4.78 is 3.30. The minimum atomic E-state index is -0.163. The van der Waals surface area contributed by atoms with Gasteiger partial charge in [0.15, 0.2) is 0 Å². The number of phenolic OH excluding ortho intramolecular Hbond substituents is 1. The number of piperidine rings is 1. The van der Waals surface area contributed by atoms with Crippen LogP contribution in [-0.4, -0.2) is 42.7 Å². The van der Waals surface area contributed by atoms with Crippen LogP contribution in [0.15, 0.2) is 35.5 Å². The molecule has 1 aliphatic rings. The first kappa shape index (κ1) is 17.8. The number of aromatic nitrogens is 5. The molecule has 4 aromatic rings. The van der Waals surface area contributed by atoms with Crippen molar-refractivity contribution in [3.8, 4) is 16.9 Å². The minimum absolute atomic E-state index is 0.106. The van der Waals surface area contributed by atoms with Gasteiger partial charge in [0.1, 0.15) is 11.3 Å². The molecule has 0 unspecified atom stereocenters. The molecule has 8 nitrogen and oxygen atoms in total. The summed E-state index contributed by atoms with van der Waals surface area (Å²) in [6.07, 6.45) is 7.03. The lowest BCUT2D eigenvalue weighted by Crippen LogP contribution is -2.35. The maximum Gasteiger partial charge on any atom is 0.293 e. The molecular weight excluding hydrogens is 368 g/mol. The molecule has 5 rings (SSSR count). The van der Waals surface area contributed by atoms with Crippen molar-refractivity contribution < 1.29 is 5.11 Å². The molecule has 1 saturated heterocycles. The quantitative estimate of drug-likeness (QED) is 0.545. The summed E-state index contributed by atoms with van der Waals surface area (Å²) in [5.74, 6) is 0.174. The summed E-state index contributed by atoms with van der Waals surface area (Å²) in [5, 5.41) is 24.5. The summed E-state index contributed by atoms with van der Waals surface area (Å²) in [7, 11) is 1.85. The molecule has 0 aliphatic carbocycles. The van der Waals surface area contributed by atoms with Gasteiger partial charge in [0, 0.05) is 46.9 Å². The smallest absolute Gasteiger partial charge is 0.293 e. The first-order chi connectivity index (χ1) is 14.0. The molecule has 4 heterocycles. The number of rotatable bonds is 2. The molecule has 2 N–H and O–H groups in total. The van der Waals surface area contributed by atoms with Gasteiger partial charge in [-0.25, -0.2) is 9.67 Å². The van der Waals surface area contributed by atoms with Gasteiger partial charge in [-0.15, -0.1) is 0 Å². The van der Waals surface area contributed by atoms with Crippen molar-refractivity contribution in [3.05, 3.63) is 46.6 Å². The maximum absolute atomic E-state index is 12.9. The van der Waals surface area contributed by atoms with Crippen molar-refractivity contribution >= 4 is 21.8 Å². The third-order valence-electron chi connectivity index (χ3n) is 5.74. The molecule has 1 aliphatic heterocycles. The van der Waals surface area contributed by atoms with Crippen molar-refractivity contribution in [2.45, 2.75) is 25.8 Å². The Morgan fingerprint density at radius 1 is 1.14 bits per heavy atom. The Bertz CT molecular complexity index is 1300. The van der Waals surface area contributed by atoms with Crippen LogP contribution in [0.5, 0.6) is 5.75 Å². The number of benzene rings is 1. The molecular formula is C21H22N6O2. The number of hydrogen-bond acceptors (Lipinski definition) is 6. The van der Waals surface area contributed by atoms with E-state index < -0.39 is 0 Å². The van der Waals surface area contributed by atoms with Gasteiger partial charge >= 0.3 is 0 Å². The number of aryl methyl sites for hydroxylation is 2. The number of nitrogens with one attached hydrogen (secondary N) is 1. The van der Waals surface area contributed by atoms with Gasteiger partial charge in [-0.3, -0.25) is 9.48 Å². The number of hydrogen-bond donors (Lipinski definition) is 2. The monoisotopic (exact) mass is 390 g/mol. The Balaban J connectivity index is 1.63. The first-order valence-electron chi connectivity index (χ1n) is 9.77. The highest BCUT2D eigenvalue weighted by Gasteiger charge is 2.19. The standard InChI is InChI=1S/C21H22N6O2/c1-12-18-15(11-26(2)25-18)8-17(20(12)28)13-7-14-10-24-27(16-3-5-22-6-4-16)21(29)19(14)23-9-13/h7-11,16,22,28H,3-6H2,1-2H3. The SMILES string of the molecule is Cc1c(O)c(-c2cnc3c(=O)n(C4CCNCC4)ncc3c2)cc2cn(C)nc12. The van der Waals surface area contributed by atoms with Gasteiger partial charge in [-0.1, -0.05) is 0 Å². The van der Waals surface area contributed by atoms with E-state index in [-0.39, 0.29) is 17.4 Å². The zero-order chi connectivity index (χ0) is 20.1. The maximum atomic E-state index is 12.9. The second kappa shape index (κ2) is 6.66. The summed E-state index contributed by atoms with van der Waals surface area (Å²) >= 11 is 0. The molecule has 0 spiro atoms. The zero-order valence-corrected chi connectivity index (χ0v) is 16.4. The molecule has 0 radical (unpaired) electrons. The topological polar surface area (TPSA) is 97.9 Å². The molecule has 1 aromatic carbocycles. The van der Waals surface area contributed by atoms with Gasteiger partial charge in [0.2, 0.25) is 0 Å². The Morgan fingerprint density at radius 3 is 2.72 bits per heavy atom. The Kier molecular flexibility index (Phi) is 4.09. The third kappa shape index (κ3) is 2.87. The average Bonchev–Trinajstić information content (AvgIpc) is 3.12. The molecule has 3 aromatic heterocycles. The lowest BCUT2D eigenvalue weighted by atomic mass is 10.00. The highest BCUT2D eigenvalue weighted by Crippen LogP contribution is 2.37. The van der Waals surface area contributed by atoms with Gasteiger partial charge in [0.05, 0.1) is 17.8 Å². The zero-order valence-electron chi connectivity index (χ0n) is 16.4. The van der Waals surface area contributed by atoms with Gasteiger partial charge < -0.3 is 10.4 Å². The van der Waals surface area contributed by atoms with Crippen molar-refractivity contribution in [2.24, 2.45) is 7.05 Å². The second-order valence-electron chi connectivity index (χ2n) is 7.68. The molecule has 8 heteroatoms. The van der Waals surface area contributed by atoms with E-state index in [1.165, 1.54) is 0 Å². The van der Waals surface area contributed by atoms with E-state index in [9.17, 15) is 9.90 Å². The van der Waals surface area contributed by atoms with Crippen LogP contribution < -0.4 is 10.9 Å². The molecule has 0 amide bonds. The Labute approximate surface area is 166 Å². The van der Waals surface area contributed by atoms with Crippen molar-refractivity contribution in [1.82, 2.24) is 29.9 Å². The largest absolute Gasteiger partial charge is 0.507 e. The molecule has 0 saturated carbocycles. The predicted octanol–water partition coefficient (Wildman–Crippen LogP) is 2.28. The lowest BCUT2D eigenvalue weighted by molar-refractivity contribution is 0.333. The fourth-order valence-electron chi connectivity index (χ4n) is 4.16. The molecule has 1 fully saturated rings. The number of pyridine rings is 1. The van der Waals surface area contributed by atoms with Crippen LogP contribution in [0, 0.1) is 6.92 Å². The second-order valence-corrected chi connectivity index (χ2v) is 7.68.